The molecule has 1 heterocycles. The SMILES string of the molecule is CCc1nc(Nc2ccc(Cl)cc2Cl)sc1C(=O)O. The fraction of sp³-hybridized carbons (Fsp3) is 0.167. The minimum absolute atomic E-state index is 0.245. The van der Waals surface area contributed by atoms with Crippen molar-refractivity contribution in [2.45, 2.75) is 13.3 Å². The average Bonchev–Trinajstić information content (AvgIpc) is 2.76. The quantitative estimate of drug-likeness (QED) is 0.874. The van der Waals surface area contributed by atoms with Crippen molar-refractivity contribution in [1.82, 2.24) is 4.98 Å². The Morgan fingerprint density at radius 1 is 1.47 bits per heavy atom. The number of aryl methyl sites for hydroxylation is 1. The monoisotopic (exact) mass is 316 g/mol. The summed E-state index contributed by atoms with van der Waals surface area (Å²) in [5, 5.41) is 13.6. The van der Waals surface area contributed by atoms with Gasteiger partial charge in [0.2, 0.25) is 0 Å². The van der Waals surface area contributed by atoms with E-state index >= 15 is 0 Å². The zero-order chi connectivity index (χ0) is 14.0. The number of nitrogens with one attached hydrogen (secondary N) is 1. The van der Waals surface area contributed by atoms with E-state index in [0.29, 0.717) is 33.0 Å². The summed E-state index contributed by atoms with van der Waals surface area (Å²) in [6, 6.07) is 5.03. The van der Waals surface area contributed by atoms with Crippen LogP contribution in [0.1, 0.15) is 22.3 Å². The highest BCUT2D eigenvalue weighted by atomic mass is 35.5. The predicted octanol–water partition coefficient (Wildman–Crippen LogP) is 4.45. The van der Waals surface area contributed by atoms with E-state index in [1.807, 2.05) is 6.92 Å². The summed E-state index contributed by atoms with van der Waals surface area (Å²) < 4.78 is 0. The van der Waals surface area contributed by atoms with Crippen molar-refractivity contribution in [3.05, 3.63) is 38.8 Å². The molecule has 4 nitrogen and oxygen atoms in total. The molecule has 100 valence electrons. The summed E-state index contributed by atoms with van der Waals surface area (Å²) in [7, 11) is 0. The van der Waals surface area contributed by atoms with Gasteiger partial charge in [-0.2, -0.15) is 0 Å². The minimum Gasteiger partial charge on any atom is -0.477 e. The van der Waals surface area contributed by atoms with Crippen LogP contribution in [0.15, 0.2) is 18.2 Å². The van der Waals surface area contributed by atoms with E-state index in [9.17, 15) is 4.79 Å². The highest BCUT2D eigenvalue weighted by molar-refractivity contribution is 7.17. The average molecular weight is 317 g/mol. The molecule has 2 rings (SSSR count). The fourth-order valence-corrected chi connectivity index (χ4v) is 2.88. The number of carboxylic acid groups (broad SMARTS) is 1. The van der Waals surface area contributed by atoms with E-state index in [1.54, 1.807) is 18.2 Å². The molecular weight excluding hydrogens is 307 g/mol. The fourth-order valence-electron chi connectivity index (χ4n) is 1.52. The lowest BCUT2D eigenvalue weighted by Gasteiger charge is -2.04. The summed E-state index contributed by atoms with van der Waals surface area (Å²) in [5.74, 6) is -0.968. The van der Waals surface area contributed by atoms with Gasteiger partial charge in [-0.05, 0) is 24.6 Å². The number of hydrogen-bond donors (Lipinski definition) is 2. The van der Waals surface area contributed by atoms with Crippen LogP contribution in [0, 0.1) is 0 Å². The van der Waals surface area contributed by atoms with Crippen LogP contribution in [0.2, 0.25) is 10.0 Å². The maximum absolute atomic E-state index is 11.1. The lowest BCUT2D eigenvalue weighted by atomic mass is 10.3. The number of aromatic carboxylic acids is 1. The number of nitrogens with zero attached hydrogens (tertiary/aromatic N) is 1. The maximum Gasteiger partial charge on any atom is 0.347 e. The largest absolute Gasteiger partial charge is 0.477 e. The Bertz CT molecular complexity index is 628. The molecule has 0 aliphatic carbocycles. The van der Waals surface area contributed by atoms with Gasteiger partial charge < -0.3 is 10.4 Å². The highest BCUT2D eigenvalue weighted by Gasteiger charge is 2.16. The molecule has 0 aliphatic heterocycles. The van der Waals surface area contributed by atoms with Gasteiger partial charge >= 0.3 is 5.97 Å². The third-order valence-electron chi connectivity index (χ3n) is 2.40. The molecule has 0 saturated carbocycles. The Morgan fingerprint density at radius 3 is 2.74 bits per heavy atom. The van der Waals surface area contributed by atoms with Gasteiger partial charge in [0.15, 0.2) is 5.13 Å². The number of aromatic nitrogens is 1. The molecular formula is C12H10Cl2N2O2S. The van der Waals surface area contributed by atoms with Gasteiger partial charge in [0.25, 0.3) is 0 Å². The summed E-state index contributed by atoms with van der Waals surface area (Å²) in [6.07, 6.45) is 0.564. The first-order valence-electron chi connectivity index (χ1n) is 5.46. The number of rotatable bonds is 4. The number of thiazole rings is 1. The van der Waals surface area contributed by atoms with Crippen molar-refractivity contribution in [3.63, 3.8) is 0 Å². The zero-order valence-corrected chi connectivity index (χ0v) is 12.2. The molecule has 0 fully saturated rings. The topological polar surface area (TPSA) is 62.2 Å². The number of benzene rings is 1. The molecule has 1 aromatic heterocycles. The highest BCUT2D eigenvalue weighted by Crippen LogP contribution is 2.31. The van der Waals surface area contributed by atoms with Gasteiger partial charge in [-0.25, -0.2) is 9.78 Å². The summed E-state index contributed by atoms with van der Waals surface area (Å²) in [6.45, 7) is 1.86. The molecule has 2 N–H and O–H groups in total. The number of hydrogen-bond acceptors (Lipinski definition) is 4. The first kappa shape index (κ1) is 14.1. The van der Waals surface area contributed by atoms with Crippen molar-refractivity contribution >= 4 is 51.3 Å². The van der Waals surface area contributed by atoms with Crippen LogP contribution in [0.5, 0.6) is 0 Å². The summed E-state index contributed by atoms with van der Waals surface area (Å²) >= 11 is 12.9. The first-order chi connectivity index (χ1) is 9.01. The van der Waals surface area contributed by atoms with Crippen LogP contribution >= 0.6 is 34.5 Å². The summed E-state index contributed by atoms with van der Waals surface area (Å²) in [5.41, 5.74) is 1.20. The molecule has 0 bridgehead atoms. The Balaban J connectivity index is 2.31. The number of carboxylic acids is 1. The smallest absolute Gasteiger partial charge is 0.347 e. The Kier molecular flexibility index (Phi) is 4.29. The van der Waals surface area contributed by atoms with Crippen LogP contribution < -0.4 is 5.32 Å². The van der Waals surface area contributed by atoms with Crippen LogP contribution in [0.25, 0.3) is 0 Å². The normalized spacial score (nSPS) is 10.5. The molecule has 0 amide bonds. The van der Waals surface area contributed by atoms with Crippen molar-refractivity contribution in [2.24, 2.45) is 0 Å². The van der Waals surface area contributed by atoms with Crippen molar-refractivity contribution in [2.75, 3.05) is 5.32 Å². The van der Waals surface area contributed by atoms with Crippen LogP contribution in [-0.2, 0) is 6.42 Å². The van der Waals surface area contributed by atoms with E-state index in [1.165, 1.54) is 0 Å². The molecule has 19 heavy (non-hydrogen) atoms. The second-order valence-corrected chi connectivity index (χ2v) is 5.55. The third-order valence-corrected chi connectivity index (χ3v) is 3.95. The predicted molar refractivity (Wildman–Crippen MR) is 78.2 cm³/mol. The van der Waals surface area contributed by atoms with Gasteiger partial charge in [0.05, 0.1) is 16.4 Å². The second kappa shape index (κ2) is 5.77. The number of carbonyl (C=O) groups is 1. The van der Waals surface area contributed by atoms with Crippen LogP contribution in [-0.4, -0.2) is 16.1 Å². The number of halogens is 2. The van der Waals surface area contributed by atoms with Crippen LogP contribution in [0.4, 0.5) is 10.8 Å². The Hall–Kier alpha value is -1.30. The van der Waals surface area contributed by atoms with Gasteiger partial charge in [-0.3, -0.25) is 0 Å². The van der Waals surface area contributed by atoms with Gasteiger partial charge in [0, 0.05) is 5.02 Å². The molecule has 2 aromatic rings. The lowest BCUT2D eigenvalue weighted by Crippen LogP contribution is -1.97. The minimum atomic E-state index is -0.968. The lowest BCUT2D eigenvalue weighted by molar-refractivity contribution is 0.0701. The van der Waals surface area contributed by atoms with Gasteiger partial charge in [0.1, 0.15) is 4.88 Å². The van der Waals surface area contributed by atoms with Gasteiger partial charge in [-0.1, -0.05) is 41.5 Å². The van der Waals surface area contributed by atoms with Crippen molar-refractivity contribution < 1.29 is 9.90 Å². The van der Waals surface area contributed by atoms with Crippen molar-refractivity contribution in [1.29, 1.82) is 0 Å². The molecule has 0 radical (unpaired) electrons. The molecule has 0 saturated heterocycles. The van der Waals surface area contributed by atoms with Crippen LogP contribution in [0.3, 0.4) is 0 Å². The van der Waals surface area contributed by atoms with E-state index in [4.69, 9.17) is 28.3 Å². The molecule has 0 unspecified atom stereocenters. The zero-order valence-electron chi connectivity index (χ0n) is 9.91. The Labute approximate surface area is 124 Å². The second-order valence-electron chi connectivity index (χ2n) is 3.70. The number of anilines is 2. The van der Waals surface area contributed by atoms with E-state index in [-0.39, 0.29) is 4.88 Å². The summed E-state index contributed by atoms with van der Waals surface area (Å²) in [4.78, 5) is 15.5. The van der Waals surface area contributed by atoms with Crippen molar-refractivity contribution in [3.8, 4) is 0 Å². The molecule has 0 spiro atoms. The Morgan fingerprint density at radius 2 is 2.21 bits per heavy atom. The molecule has 1 aromatic carbocycles. The first-order valence-corrected chi connectivity index (χ1v) is 7.03. The molecule has 7 heteroatoms. The van der Waals surface area contributed by atoms with Gasteiger partial charge in [-0.15, -0.1) is 0 Å². The molecule has 0 aliphatic rings. The van der Waals surface area contributed by atoms with E-state index in [0.717, 1.165) is 11.3 Å². The standard InChI is InChI=1S/C12H10Cl2N2O2S/c1-2-8-10(11(17)18)19-12(15-8)16-9-4-3-6(13)5-7(9)14/h3-5H,2H2,1H3,(H,15,16)(H,17,18). The third kappa shape index (κ3) is 3.18. The van der Waals surface area contributed by atoms with E-state index in [2.05, 4.69) is 10.3 Å². The maximum atomic E-state index is 11.1. The van der Waals surface area contributed by atoms with E-state index < -0.39 is 5.97 Å². The molecule has 0 atom stereocenters.